The Bertz CT molecular complexity index is 839. The van der Waals surface area contributed by atoms with Gasteiger partial charge in [0, 0.05) is 22.0 Å². The third kappa shape index (κ3) is 2.67. The van der Waals surface area contributed by atoms with Crippen LogP contribution in [0.4, 0.5) is 0 Å². The molecule has 0 bridgehead atoms. The summed E-state index contributed by atoms with van der Waals surface area (Å²) in [6.07, 6.45) is 3.11. The van der Waals surface area contributed by atoms with Crippen LogP contribution in [0.5, 0.6) is 0 Å². The van der Waals surface area contributed by atoms with Crippen molar-refractivity contribution < 1.29 is 0 Å². The first-order valence-corrected chi connectivity index (χ1v) is 7.99. The van der Waals surface area contributed by atoms with Crippen LogP contribution in [0.3, 0.4) is 0 Å². The zero-order valence-corrected chi connectivity index (χ0v) is 13.4. The lowest BCUT2D eigenvalue weighted by atomic mass is 10.0. The van der Waals surface area contributed by atoms with Crippen molar-refractivity contribution in [2.24, 2.45) is 5.92 Å². The molecule has 0 atom stereocenters. The molecular weight excluding hydrogens is 302 g/mol. The van der Waals surface area contributed by atoms with Crippen LogP contribution < -0.4 is 0 Å². The van der Waals surface area contributed by atoms with Crippen LogP contribution in [0.25, 0.3) is 16.0 Å². The molecule has 0 radical (unpaired) electrons. The molecule has 0 N–H and O–H groups in total. The van der Waals surface area contributed by atoms with Gasteiger partial charge < -0.3 is 0 Å². The Balaban J connectivity index is 2.21. The third-order valence-corrected chi connectivity index (χ3v) is 4.37. The van der Waals surface area contributed by atoms with Gasteiger partial charge in [-0.1, -0.05) is 31.5 Å². The van der Waals surface area contributed by atoms with Crippen molar-refractivity contribution >= 4 is 33.8 Å². The van der Waals surface area contributed by atoms with Crippen LogP contribution in [0.1, 0.15) is 25.1 Å². The van der Waals surface area contributed by atoms with Crippen LogP contribution in [-0.2, 0) is 6.42 Å². The lowest BCUT2D eigenvalue weighted by Gasteiger charge is -2.02. The molecule has 0 amide bonds. The summed E-state index contributed by atoms with van der Waals surface area (Å²) in [6.45, 7) is 4.41. The van der Waals surface area contributed by atoms with E-state index in [0.717, 1.165) is 17.1 Å². The molecular formula is C16H14ClN3S. The minimum absolute atomic E-state index is 0.448. The molecule has 0 spiro atoms. The predicted molar refractivity (Wildman–Crippen MR) is 87.2 cm³/mol. The average Bonchev–Trinajstić information content (AvgIpc) is 3.03. The minimum atomic E-state index is 0.448. The molecule has 2 heterocycles. The van der Waals surface area contributed by atoms with E-state index in [9.17, 15) is 0 Å². The van der Waals surface area contributed by atoms with Gasteiger partial charge >= 0.3 is 0 Å². The molecule has 0 saturated carbocycles. The SMILES string of the molecule is CC(C)Cc1cn(-c2nc(C#N)cs2)c2cc(Cl)ccc12. The van der Waals surface area contributed by atoms with E-state index in [1.54, 1.807) is 5.38 Å². The van der Waals surface area contributed by atoms with Gasteiger partial charge in [-0.05, 0) is 30.0 Å². The summed E-state index contributed by atoms with van der Waals surface area (Å²) in [5.41, 5.74) is 2.77. The number of halogens is 1. The molecule has 0 aliphatic rings. The van der Waals surface area contributed by atoms with Crippen molar-refractivity contribution in [3.8, 4) is 11.2 Å². The molecule has 0 fully saturated rings. The van der Waals surface area contributed by atoms with Gasteiger partial charge in [0.25, 0.3) is 0 Å². The molecule has 106 valence electrons. The maximum Gasteiger partial charge on any atom is 0.195 e. The summed E-state index contributed by atoms with van der Waals surface area (Å²) in [5, 5.41) is 13.4. The van der Waals surface area contributed by atoms with E-state index < -0.39 is 0 Å². The van der Waals surface area contributed by atoms with Crippen molar-refractivity contribution in [2.75, 3.05) is 0 Å². The second-order valence-corrected chi connectivity index (χ2v) is 6.68. The first kappa shape index (κ1) is 14.1. The Labute approximate surface area is 132 Å². The highest BCUT2D eigenvalue weighted by molar-refractivity contribution is 7.12. The number of nitriles is 1. The lowest BCUT2D eigenvalue weighted by Crippen LogP contribution is -1.93. The second-order valence-electron chi connectivity index (χ2n) is 5.41. The fourth-order valence-electron chi connectivity index (χ4n) is 2.46. The fraction of sp³-hybridized carbons (Fsp3) is 0.250. The summed E-state index contributed by atoms with van der Waals surface area (Å²) in [6, 6.07) is 8.01. The van der Waals surface area contributed by atoms with Crippen molar-refractivity contribution in [1.29, 1.82) is 5.26 Å². The van der Waals surface area contributed by atoms with Gasteiger partial charge in [-0.2, -0.15) is 5.26 Å². The van der Waals surface area contributed by atoms with Gasteiger partial charge in [-0.15, -0.1) is 11.3 Å². The summed E-state index contributed by atoms with van der Waals surface area (Å²) in [5.74, 6) is 0.575. The van der Waals surface area contributed by atoms with E-state index in [1.807, 2.05) is 16.7 Å². The maximum absolute atomic E-state index is 8.94. The molecule has 0 saturated heterocycles. The molecule has 5 heteroatoms. The van der Waals surface area contributed by atoms with E-state index in [1.165, 1.54) is 22.3 Å². The van der Waals surface area contributed by atoms with Crippen molar-refractivity contribution in [2.45, 2.75) is 20.3 Å². The van der Waals surface area contributed by atoms with Gasteiger partial charge in [0.1, 0.15) is 6.07 Å². The topological polar surface area (TPSA) is 41.6 Å². The first-order chi connectivity index (χ1) is 10.1. The summed E-state index contributed by atoms with van der Waals surface area (Å²) < 4.78 is 2.03. The quantitative estimate of drug-likeness (QED) is 0.696. The Hall–Kier alpha value is -1.83. The number of hydrogen-bond acceptors (Lipinski definition) is 3. The van der Waals surface area contributed by atoms with Crippen molar-refractivity contribution in [3.05, 3.63) is 46.1 Å². The summed E-state index contributed by atoms with van der Waals surface area (Å²) >= 11 is 7.61. The smallest absolute Gasteiger partial charge is 0.195 e. The van der Waals surface area contributed by atoms with E-state index in [4.69, 9.17) is 16.9 Å². The molecule has 3 nitrogen and oxygen atoms in total. The van der Waals surface area contributed by atoms with E-state index in [2.05, 4.69) is 37.2 Å². The molecule has 1 aromatic carbocycles. The van der Waals surface area contributed by atoms with Crippen molar-refractivity contribution in [3.63, 3.8) is 0 Å². The van der Waals surface area contributed by atoms with E-state index in [0.29, 0.717) is 16.6 Å². The number of rotatable bonds is 3. The standard InChI is InChI=1S/C16H14ClN3S/c1-10(2)5-11-8-20(16-19-13(7-18)9-21-16)15-6-12(17)3-4-14(11)15/h3-4,6,8-10H,5H2,1-2H3. The normalized spacial score (nSPS) is 11.2. The molecule has 21 heavy (non-hydrogen) atoms. The third-order valence-electron chi connectivity index (χ3n) is 3.29. The summed E-state index contributed by atoms with van der Waals surface area (Å²) in [4.78, 5) is 4.35. The van der Waals surface area contributed by atoms with Gasteiger partial charge in [0.15, 0.2) is 10.8 Å². The molecule has 0 aliphatic carbocycles. The van der Waals surface area contributed by atoms with Crippen molar-refractivity contribution in [1.82, 2.24) is 9.55 Å². The molecule has 0 aliphatic heterocycles. The molecule has 0 unspecified atom stereocenters. The maximum atomic E-state index is 8.94. The van der Waals surface area contributed by atoms with E-state index in [-0.39, 0.29) is 0 Å². The van der Waals surface area contributed by atoms with Crippen LogP contribution in [-0.4, -0.2) is 9.55 Å². The zero-order valence-electron chi connectivity index (χ0n) is 11.8. The average molecular weight is 316 g/mol. The fourth-order valence-corrected chi connectivity index (χ4v) is 3.36. The number of aromatic nitrogens is 2. The Morgan fingerprint density at radius 1 is 1.43 bits per heavy atom. The second kappa shape index (κ2) is 5.51. The number of hydrogen-bond donors (Lipinski definition) is 0. The van der Waals surface area contributed by atoms with Gasteiger partial charge in [-0.25, -0.2) is 4.98 Å². The minimum Gasteiger partial charge on any atom is -0.292 e. The lowest BCUT2D eigenvalue weighted by molar-refractivity contribution is 0.649. The van der Waals surface area contributed by atoms with Crippen LogP contribution >= 0.6 is 22.9 Å². The first-order valence-electron chi connectivity index (χ1n) is 6.74. The highest BCUT2D eigenvalue weighted by Crippen LogP contribution is 2.30. The highest BCUT2D eigenvalue weighted by Gasteiger charge is 2.13. The predicted octanol–water partition coefficient (Wildman–Crippen LogP) is 4.81. The largest absolute Gasteiger partial charge is 0.292 e. The van der Waals surface area contributed by atoms with Crippen LogP contribution in [0, 0.1) is 17.2 Å². The van der Waals surface area contributed by atoms with Crippen LogP contribution in [0.15, 0.2) is 29.8 Å². The number of nitrogens with zero attached hydrogens (tertiary/aromatic N) is 3. The Morgan fingerprint density at radius 2 is 2.24 bits per heavy atom. The Morgan fingerprint density at radius 3 is 2.90 bits per heavy atom. The monoisotopic (exact) mass is 315 g/mol. The van der Waals surface area contributed by atoms with Gasteiger partial charge in [-0.3, -0.25) is 4.57 Å². The molecule has 3 rings (SSSR count). The van der Waals surface area contributed by atoms with Gasteiger partial charge in [0.05, 0.1) is 5.52 Å². The number of thiazole rings is 1. The molecule has 3 aromatic rings. The van der Waals surface area contributed by atoms with Crippen LogP contribution in [0.2, 0.25) is 5.02 Å². The zero-order chi connectivity index (χ0) is 15.0. The van der Waals surface area contributed by atoms with E-state index >= 15 is 0 Å². The Kier molecular flexibility index (Phi) is 3.71. The van der Waals surface area contributed by atoms with Gasteiger partial charge in [0.2, 0.25) is 0 Å². The molecule has 2 aromatic heterocycles. The highest BCUT2D eigenvalue weighted by atomic mass is 35.5. The number of fused-ring (bicyclic) bond motifs is 1. The summed E-state index contributed by atoms with van der Waals surface area (Å²) in [7, 11) is 0. The number of benzene rings is 1.